The van der Waals surface area contributed by atoms with Gasteiger partial charge in [0.2, 0.25) is 0 Å². The van der Waals surface area contributed by atoms with Crippen LogP contribution in [0.25, 0.3) is 0 Å². The van der Waals surface area contributed by atoms with Crippen LogP contribution in [-0.4, -0.2) is 20.1 Å². The fourth-order valence-electron chi connectivity index (χ4n) is 1.72. The average Bonchev–Trinajstić information content (AvgIpc) is 2.32. The zero-order chi connectivity index (χ0) is 13.0. The summed E-state index contributed by atoms with van der Waals surface area (Å²) in [6, 6.07) is 2.96. The Kier molecular flexibility index (Phi) is 4.48. The molecule has 0 spiro atoms. The molecule has 0 radical (unpaired) electrons. The highest BCUT2D eigenvalue weighted by Crippen LogP contribution is 2.26. The van der Waals surface area contributed by atoms with E-state index >= 15 is 0 Å². The number of carbonyl (C=O) groups is 1. The van der Waals surface area contributed by atoms with Gasteiger partial charge in [0.25, 0.3) is 5.91 Å². The summed E-state index contributed by atoms with van der Waals surface area (Å²) in [5.74, 6) is 0.535. The molecule has 0 aliphatic rings. The van der Waals surface area contributed by atoms with Crippen LogP contribution in [0, 0.1) is 13.8 Å². The Bertz CT molecular complexity index is 418. The van der Waals surface area contributed by atoms with Crippen molar-refractivity contribution in [3.05, 3.63) is 28.8 Å². The van der Waals surface area contributed by atoms with Gasteiger partial charge in [-0.1, -0.05) is 6.07 Å². The van der Waals surface area contributed by atoms with Crippen molar-refractivity contribution < 1.29 is 9.53 Å². The molecule has 1 unspecified atom stereocenters. The van der Waals surface area contributed by atoms with Crippen molar-refractivity contribution in [1.29, 1.82) is 0 Å². The van der Waals surface area contributed by atoms with Crippen molar-refractivity contribution in [2.45, 2.75) is 19.9 Å². The van der Waals surface area contributed by atoms with Crippen LogP contribution in [0.3, 0.4) is 0 Å². The van der Waals surface area contributed by atoms with E-state index < -0.39 is 6.04 Å². The number of amides is 1. The zero-order valence-electron chi connectivity index (χ0n) is 10.6. The van der Waals surface area contributed by atoms with Gasteiger partial charge in [0.1, 0.15) is 11.8 Å². The van der Waals surface area contributed by atoms with Gasteiger partial charge < -0.3 is 10.5 Å². The standard InChI is InChI=1S/C12H19N3O2/c1-7-8(2)10(17-4)6-5-9(7)11(13)12(16)15-14-3/h5-6,11,14H,13H2,1-4H3,(H,15,16). The highest BCUT2D eigenvalue weighted by Gasteiger charge is 2.19. The summed E-state index contributed by atoms with van der Waals surface area (Å²) in [6.45, 7) is 3.88. The van der Waals surface area contributed by atoms with E-state index in [1.54, 1.807) is 14.2 Å². The Hall–Kier alpha value is -1.59. The Balaban J connectivity index is 3.07. The van der Waals surface area contributed by atoms with E-state index in [4.69, 9.17) is 10.5 Å². The third kappa shape index (κ3) is 2.75. The molecule has 0 saturated heterocycles. The van der Waals surface area contributed by atoms with Crippen molar-refractivity contribution in [2.24, 2.45) is 5.73 Å². The van der Waals surface area contributed by atoms with Gasteiger partial charge >= 0.3 is 0 Å². The van der Waals surface area contributed by atoms with Gasteiger partial charge in [-0.3, -0.25) is 10.2 Å². The van der Waals surface area contributed by atoms with Crippen molar-refractivity contribution >= 4 is 5.91 Å². The summed E-state index contributed by atoms with van der Waals surface area (Å²) in [5, 5.41) is 0. The topological polar surface area (TPSA) is 76.4 Å². The first kappa shape index (κ1) is 13.5. The summed E-state index contributed by atoms with van der Waals surface area (Å²) < 4.78 is 5.21. The molecule has 0 fully saturated rings. The minimum Gasteiger partial charge on any atom is -0.496 e. The van der Waals surface area contributed by atoms with E-state index in [9.17, 15) is 4.79 Å². The first-order valence-corrected chi connectivity index (χ1v) is 5.39. The number of rotatable bonds is 4. The van der Waals surface area contributed by atoms with Gasteiger partial charge in [-0.15, -0.1) is 0 Å². The summed E-state index contributed by atoms with van der Waals surface area (Å²) in [4.78, 5) is 11.6. The third-order valence-electron chi connectivity index (χ3n) is 2.87. The van der Waals surface area contributed by atoms with Crippen LogP contribution in [0.2, 0.25) is 0 Å². The lowest BCUT2D eigenvalue weighted by atomic mass is 9.97. The minimum atomic E-state index is -0.688. The Labute approximate surface area is 101 Å². The van der Waals surface area contributed by atoms with E-state index in [-0.39, 0.29) is 5.91 Å². The maximum Gasteiger partial charge on any atom is 0.255 e. The predicted octanol–water partition coefficient (Wildman–Crippen LogP) is 0.562. The fraction of sp³-hybridized carbons (Fsp3) is 0.417. The van der Waals surface area contributed by atoms with Crippen LogP contribution in [-0.2, 0) is 4.79 Å². The van der Waals surface area contributed by atoms with Crippen LogP contribution in [0.4, 0.5) is 0 Å². The molecule has 0 bridgehead atoms. The highest BCUT2D eigenvalue weighted by molar-refractivity contribution is 5.83. The largest absolute Gasteiger partial charge is 0.496 e. The Morgan fingerprint density at radius 2 is 2.00 bits per heavy atom. The van der Waals surface area contributed by atoms with E-state index in [2.05, 4.69) is 10.9 Å². The molecule has 1 atom stereocenters. The lowest BCUT2D eigenvalue weighted by Crippen LogP contribution is -2.41. The predicted molar refractivity (Wildman–Crippen MR) is 66.6 cm³/mol. The second kappa shape index (κ2) is 5.65. The number of hydrogen-bond acceptors (Lipinski definition) is 4. The molecule has 0 aromatic heterocycles. The van der Waals surface area contributed by atoms with E-state index in [0.717, 1.165) is 22.4 Å². The molecule has 1 aromatic carbocycles. The average molecular weight is 237 g/mol. The third-order valence-corrected chi connectivity index (χ3v) is 2.87. The zero-order valence-corrected chi connectivity index (χ0v) is 10.6. The first-order chi connectivity index (χ1) is 8.02. The second-order valence-electron chi connectivity index (χ2n) is 3.82. The molecule has 17 heavy (non-hydrogen) atoms. The molecule has 5 nitrogen and oxygen atoms in total. The number of hydrogen-bond donors (Lipinski definition) is 3. The fourth-order valence-corrected chi connectivity index (χ4v) is 1.72. The van der Waals surface area contributed by atoms with Crippen molar-refractivity contribution in [3.63, 3.8) is 0 Å². The molecule has 94 valence electrons. The van der Waals surface area contributed by atoms with Crippen LogP contribution in [0.5, 0.6) is 5.75 Å². The minimum absolute atomic E-state index is 0.264. The number of methoxy groups -OCH3 is 1. The monoisotopic (exact) mass is 237 g/mol. The number of nitrogens with one attached hydrogen (secondary N) is 2. The van der Waals surface area contributed by atoms with Gasteiger partial charge in [-0.05, 0) is 36.6 Å². The Morgan fingerprint density at radius 1 is 1.35 bits per heavy atom. The molecular formula is C12H19N3O2. The van der Waals surface area contributed by atoms with Gasteiger partial charge in [0, 0.05) is 7.05 Å². The van der Waals surface area contributed by atoms with E-state index in [0.29, 0.717) is 0 Å². The summed E-state index contributed by atoms with van der Waals surface area (Å²) in [7, 11) is 3.24. The molecule has 0 aliphatic carbocycles. The summed E-state index contributed by atoms with van der Waals surface area (Å²) >= 11 is 0. The van der Waals surface area contributed by atoms with Crippen LogP contribution < -0.4 is 21.3 Å². The summed E-state index contributed by atoms with van der Waals surface area (Å²) in [6.07, 6.45) is 0. The van der Waals surface area contributed by atoms with Crippen LogP contribution in [0.15, 0.2) is 12.1 Å². The highest BCUT2D eigenvalue weighted by atomic mass is 16.5. The molecule has 1 aromatic rings. The quantitative estimate of drug-likeness (QED) is 0.669. The SMILES string of the molecule is CNNC(=O)C(N)c1ccc(OC)c(C)c1C. The van der Waals surface area contributed by atoms with Crippen LogP contribution in [0.1, 0.15) is 22.7 Å². The maximum atomic E-state index is 11.6. The number of benzene rings is 1. The van der Waals surface area contributed by atoms with Crippen molar-refractivity contribution in [1.82, 2.24) is 10.9 Å². The van der Waals surface area contributed by atoms with Gasteiger partial charge in [0.15, 0.2) is 0 Å². The van der Waals surface area contributed by atoms with E-state index in [1.165, 1.54) is 0 Å². The molecule has 0 aliphatic heterocycles. The molecular weight excluding hydrogens is 218 g/mol. The molecule has 4 N–H and O–H groups in total. The Morgan fingerprint density at radius 3 is 2.53 bits per heavy atom. The number of ether oxygens (including phenoxy) is 1. The number of nitrogens with two attached hydrogens (primary N) is 1. The second-order valence-corrected chi connectivity index (χ2v) is 3.82. The van der Waals surface area contributed by atoms with Crippen molar-refractivity contribution in [3.8, 4) is 5.75 Å². The van der Waals surface area contributed by atoms with Gasteiger partial charge in [0.05, 0.1) is 7.11 Å². The molecule has 1 rings (SSSR count). The smallest absolute Gasteiger partial charge is 0.255 e. The number of carbonyl (C=O) groups excluding carboxylic acids is 1. The molecule has 5 heteroatoms. The molecule has 0 heterocycles. The lowest BCUT2D eigenvalue weighted by molar-refractivity contribution is -0.123. The van der Waals surface area contributed by atoms with Crippen LogP contribution >= 0.6 is 0 Å². The van der Waals surface area contributed by atoms with Gasteiger partial charge in [-0.2, -0.15) is 0 Å². The maximum absolute atomic E-state index is 11.6. The van der Waals surface area contributed by atoms with Crippen molar-refractivity contribution in [2.75, 3.05) is 14.2 Å². The molecule has 0 saturated carbocycles. The first-order valence-electron chi connectivity index (χ1n) is 5.39. The van der Waals surface area contributed by atoms with E-state index in [1.807, 2.05) is 26.0 Å². The van der Waals surface area contributed by atoms with Gasteiger partial charge in [-0.25, -0.2) is 5.43 Å². The molecule has 1 amide bonds. The number of hydrazine groups is 1. The normalized spacial score (nSPS) is 12.1. The lowest BCUT2D eigenvalue weighted by Gasteiger charge is -2.17. The summed E-state index contributed by atoms with van der Waals surface area (Å²) in [5.41, 5.74) is 13.7.